The molecular weight excluding hydrogens is 516 g/mol. The summed E-state index contributed by atoms with van der Waals surface area (Å²) in [5.74, 6) is -0.00851. The summed E-state index contributed by atoms with van der Waals surface area (Å²) in [6.45, 7) is 7.51. The Bertz CT molecular complexity index is 1270. The Morgan fingerprint density at radius 1 is 1.05 bits per heavy atom. The van der Waals surface area contributed by atoms with Gasteiger partial charge >= 0.3 is 5.97 Å². The summed E-state index contributed by atoms with van der Waals surface area (Å²) in [6.07, 6.45) is 5.14. The number of unbranched alkanes of at least 4 members (excludes halogenated alkanes) is 1. The van der Waals surface area contributed by atoms with Gasteiger partial charge in [-0.05, 0) is 62.3 Å². The van der Waals surface area contributed by atoms with Gasteiger partial charge in [-0.25, -0.2) is 14.8 Å². The van der Waals surface area contributed by atoms with E-state index in [1.54, 1.807) is 37.4 Å². The Morgan fingerprint density at radius 2 is 1.79 bits per heavy atom. The smallest absolute Gasteiger partial charge is 0.330 e. The fourth-order valence-corrected chi connectivity index (χ4v) is 4.68. The van der Waals surface area contributed by atoms with Crippen molar-refractivity contribution < 1.29 is 23.9 Å². The van der Waals surface area contributed by atoms with E-state index in [9.17, 15) is 14.4 Å². The number of carbonyl (C=O) groups is 3. The number of esters is 1. The SMILES string of the molecule is C=CCOc1cccc(CCCCc2nc(C)c(C(=O)N[C@@H](CNC(=O)c3cccs3)C(=O)OC)c(C)n2)c1. The van der Waals surface area contributed by atoms with Gasteiger partial charge < -0.3 is 20.1 Å². The van der Waals surface area contributed by atoms with Gasteiger partial charge in [0, 0.05) is 13.0 Å². The minimum Gasteiger partial charge on any atom is -0.490 e. The molecule has 2 aromatic heterocycles. The van der Waals surface area contributed by atoms with E-state index >= 15 is 0 Å². The van der Waals surface area contributed by atoms with Crippen molar-refractivity contribution in [2.75, 3.05) is 20.3 Å². The van der Waals surface area contributed by atoms with Crippen molar-refractivity contribution >= 4 is 29.1 Å². The second kappa shape index (κ2) is 14.8. The zero-order valence-corrected chi connectivity index (χ0v) is 23.3. The molecule has 2 heterocycles. The normalized spacial score (nSPS) is 11.4. The number of methoxy groups -OCH3 is 1. The number of carbonyl (C=O) groups excluding carboxylic acids is 3. The van der Waals surface area contributed by atoms with Crippen LogP contribution in [0.5, 0.6) is 5.75 Å². The van der Waals surface area contributed by atoms with Crippen LogP contribution in [0.3, 0.4) is 0 Å². The number of benzene rings is 1. The lowest BCUT2D eigenvalue weighted by Gasteiger charge is -2.18. The van der Waals surface area contributed by atoms with Crippen LogP contribution in [-0.4, -0.2) is 54.1 Å². The molecular formula is C29H34N4O5S. The van der Waals surface area contributed by atoms with Crippen molar-refractivity contribution in [1.29, 1.82) is 0 Å². The second-order valence-electron chi connectivity index (χ2n) is 8.88. The fraction of sp³-hybridized carbons (Fsp3) is 0.345. The van der Waals surface area contributed by atoms with Gasteiger partial charge in [-0.3, -0.25) is 9.59 Å². The Morgan fingerprint density at radius 3 is 2.46 bits per heavy atom. The highest BCUT2D eigenvalue weighted by molar-refractivity contribution is 7.12. The molecule has 0 aliphatic rings. The molecule has 2 amide bonds. The molecule has 0 saturated heterocycles. The molecule has 0 radical (unpaired) electrons. The van der Waals surface area contributed by atoms with E-state index in [0.717, 1.165) is 25.0 Å². The van der Waals surface area contributed by atoms with E-state index in [0.29, 0.717) is 40.7 Å². The number of nitrogens with one attached hydrogen (secondary N) is 2. The molecule has 3 aromatic rings. The van der Waals surface area contributed by atoms with E-state index in [4.69, 9.17) is 9.47 Å². The minimum atomic E-state index is -1.06. The molecule has 0 bridgehead atoms. The summed E-state index contributed by atoms with van der Waals surface area (Å²) < 4.78 is 10.4. The highest BCUT2D eigenvalue weighted by Crippen LogP contribution is 2.17. The average Bonchev–Trinajstić information content (AvgIpc) is 3.47. The summed E-state index contributed by atoms with van der Waals surface area (Å²) >= 11 is 1.28. The fourth-order valence-electron chi connectivity index (χ4n) is 4.04. The highest BCUT2D eigenvalue weighted by atomic mass is 32.1. The number of nitrogens with zero attached hydrogens (tertiary/aromatic N) is 2. The second-order valence-corrected chi connectivity index (χ2v) is 9.82. The van der Waals surface area contributed by atoms with Crippen molar-refractivity contribution in [3.63, 3.8) is 0 Å². The molecule has 1 aromatic carbocycles. The topological polar surface area (TPSA) is 120 Å². The third-order valence-electron chi connectivity index (χ3n) is 5.93. The van der Waals surface area contributed by atoms with Crippen LogP contribution < -0.4 is 15.4 Å². The van der Waals surface area contributed by atoms with Gasteiger partial charge in [0.05, 0.1) is 28.9 Å². The monoisotopic (exact) mass is 550 g/mol. The molecule has 10 heteroatoms. The Balaban J connectivity index is 1.56. The van der Waals surface area contributed by atoms with Gasteiger partial charge in [0.1, 0.15) is 24.2 Å². The molecule has 0 saturated carbocycles. The first-order valence-corrected chi connectivity index (χ1v) is 13.6. The largest absolute Gasteiger partial charge is 0.490 e. The molecule has 0 aliphatic carbocycles. The van der Waals surface area contributed by atoms with Crippen LogP contribution in [0.4, 0.5) is 0 Å². The number of rotatable bonds is 14. The van der Waals surface area contributed by atoms with Gasteiger partial charge in [-0.1, -0.05) is 30.9 Å². The van der Waals surface area contributed by atoms with Crippen molar-refractivity contribution in [3.8, 4) is 5.75 Å². The van der Waals surface area contributed by atoms with Gasteiger partial charge in [-0.15, -0.1) is 11.3 Å². The van der Waals surface area contributed by atoms with E-state index < -0.39 is 17.9 Å². The zero-order valence-electron chi connectivity index (χ0n) is 22.5. The van der Waals surface area contributed by atoms with Crippen molar-refractivity contribution in [2.24, 2.45) is 0 Å². The maximum atomic E-state index is 13.1. The number of aryl methyl sites for hydroxylation is 4. The van der Waals surface area contributed by atoms with Crippen LogP contribution >= 0.6 is 11.3 Å². The van der Waals surface area contributed by atoms with Gasteiger partial charge in [0.25, 0.3) is 11.8 Å². The van der Waals surface area contributed by atoms with Gasteiger partial charge in [-0.2, -0.15) is 0 Å². The molecule has 206 valence electrons. The molecule has 1 atom stereocenters. The molecule has 39 heavy (non-hydrogen) atoms. The number of hydrogen-bond donors (Lipinski definition) is 2. The first-order valence-electron chi connectivity index (χ1n) is 12.7. The van der Waals surface area contributed by atoms with Crippen LogP contribution in [0, 0.1) is 13.8 Å². The number of hydrogen-bond acceptors (Lipinski definition) is 8. The molecule has 0 fully saturated rings. The Kier molecular flexibility index (Phi) is 11.2. The third-order valence-corrected chi connectivity index (χ3v) is 6.80. The minimum absolute atomic E-state index is 0.116. The number of ether oxygens (including phenoxy) is 2. The lowest BCUT2D eigenvalue weighted by atomic mass is 10.1. The predicted molar refractivity (Wildman–Crippen MR) is 150 cm³/mol. The summed E-state index contributed by atoms with van der Waals surface area (Å²) in [5.41, 5.74) is 2.54. The van der Waals surface area contributed by atoms with Crippen molar-refractivity contribution in [1.82, 2.24) is 20.6 Å². The lowest BCUT2D eigenvalue weighted by Crippen LogP contribution is -2.49. The summed E-state index contributed by atoms with van der Waals surface area (Å²) in [5, 5.41) is 7.10. The molecule has 9 nitrogen and oxygen atoms in total. The molecule has 0 spiro atoms. The standard InChI is InChI=1S/C29H34N4O5S/c1-5-15-38-22-12-8-11-21(17-22)10-6-7-14-25-31-19(2)26(20(3)32-25)28(35)33-23(29(36)37-4)18-30-27(34)24-13-9-16-39-24/h5,8-9,11-13,16-17,23H,1,6-7,10,14-15,18H2,2-4H3,(H,30,34)(H,33,35)/t23-/m0/s1. The number of amides is 2. The molecule has 3 rings (SSSR count). The highest BCUT2D eigenvalue weighted by Gasteiger charge is 2.25. The third kappa shape index (κ3) is 8.75. The quantitative estimate of drug-likeness (QED) is 0.177. The maximum Gasteiger partial charge on any atom is 0.330 e. The van der Waals surface area contributed by atoms with E-state index in [-0.39, 0.29) is 12.5 Å². The van der Waals surface area contributed by atoms with Gasteiger partial charge in [0.15, 0.2) is 0 Å². The molecule has 0 unspecified atom stereocenters. The van der Waals surface area contributed by atoms with Gasteiger partial charge in [0.2, 0.25) is 0 Å². The van der Waals surface area contributed by atoms with Crippen molar-refractivity contribution in [3.05, 3.63) is 87.6 Å². The van der Waals surface area contributed by atoms with Crippen LogP contribution in [0.15, 0.2) is 54.4 Å². The van der Waals surface area contributed by atoms with E-state index in [1.165, 1.54) is 24.0 Å². The lowest BCUT2D eigenvalue weighted by molar-refractivity contribution is -0.142. The average molecular weight is 551 g/mol. The Labute approximate surface area is 232 Å². The molecule has 2 N–H and O–H groups in total. The first kappa shape index (κ1) is 29.5. The summed E-state index contributed by atoms with van der Waals surface area (Å²) in [7, 11) is 1.23. The summed E-state index contributed by atoms with van der Waals surface area (Å²) in [6, 6.07) is 10.4. The predicted octanol–water partition coefficient (Wildman–Crippen LogP) is 3.99. The zero-order chi connectivity index (χ0) is 28.2. The maximum absolute atomic E-state index is 13.1. The van der Waals surface area contributed by atoms with E-state index in [1.807, 2.05) is 18.2 Å². The number of thiophene rings is 1. The van der Waals surface area contributed by atoms with Crippen LogP contribution in [-0.2, 0) is 22.4 Å². The van der Waals surface area contributed by atoms with E-state index in [2.05, 4.69) is 33.2 Å². The summed E-state index contributed by atoms with van der Waals surface area (Å²) in [4.78, 5) is 47.2. The number of aromatic nitrogens is 2. The van der Waals surface area contributed by atoms with Crippen molar-refractivity contribution in [2.45, 2.75) is 45.6 Å². The molecule has 0 aliphatic heterocycles. The van der Waals surface area contributed by atoms with Crippen LogP contribution in [0.2, 0.25) is 0 Å². The van der Waals surface area contributed by atoms with Crippen LogP contribution in [0.1, 0.15) is 55.6 Å². The Hall–Kier alpha value is -4.05. The first-order chi connectivity index (χ1) is 18.8. The van der Waals surface area contributed by atoms with Crippen LogP contribution in [0.25, 0.3) is 0 Å².